The van der Waals surface area contributed by atoms with E-state index in [9.17, 15) is 9.18 Å². The Bertz CT molecular complexity index is 306. The molecule has 0 unspecified atom stereocenters. The lowest BCUT2D eigenvalue weighted by molar-refractivity contribution is -0.117. The molecule has 70 valence electrons. The number of carbonyl (C=O) groups excluding carboxylic acids is 1. The van der Waals surface area contributed by atoms with Crippen LogP contribution in [0.25, 0.3) is 0 Å². The maximum atomic E-state index is 11.8. The zero-order valence-corrected chi connectivity index (χ0v) is 6.95. The summed E-state index contributed by atoms with van der Waals surface area (Å²) in [5, 5.41) is 2.22. The molecule has 0 aliphatic rings. The summed E-state index contributed by atoms with van der Waals surface area (Å²) in [5.41, 5.74) is 0. The number of carbonyl (C=O) groups is 1. The Morgan fingerprint density at radius 2 is 2.46 bits per heavy atom. The first-order valence-corrected chi connectivity index (χ1v) is 3.48. The van der Waals surface area contributed by atoms with Crippen LogP contribution in [0.5, 0.6) is 5.88 Å². The fourth-order valence-corrected chi connectivity index (χ4v) is 0.696. The van der Waals surface area contributed by atoms with E-state index in [1.807, 2.05) is 0 Å². The van der Waals surface area contributed by atoms with Gasteiger partial charge in [0.05, 0.1) is 7.11 Å². The van der Waals surface area contributed by atoms with Crippen molar-refractivity contribution in [3.8, 4) is 5.88 Å². The number of halogens is 1. The van der Waals surface area contributed by atoms with Crippen molar-refractivity contribution < 1.29 is 13.9 Å². The minimum atomic E-state index is -1.08. The maximum absolute atomic E-state index is 11.8. The number of hydrogen-bond acceptors (Lipinski definition) is 4. The Balaban J connectivity index is 2.71. The van der Waals surface area contributed by atoms with Crippen molar-refractivity contribution in [1.29, 1.82) is 0 Å². The van der Waals surface area contributed by atoms with Crippen LogP contribution in [0.3, 0.4) is 0 Å². The van der Waals surface area contributed by atoms with Crippen molar-refractivity contribution in [2.24, 2.45) is 0 Å². The number of nitrogens with zero attached hydrogens (tertiary/aromatic N) is 2. The summed E-state index contributed by atoms with van der Waals surface area (Å²) >= 11 is 0. The molecule has 0 saturated heterocycles. The van der Waals surface area contributed by atoms with Gasteiger partial charge in [-0.3, -0.25) is 4.79 Å². The quantitative estimate of drug-likeness (QED) is 0.739. The second-order valence-electron chi connectivity index (χ2n) is 2.13. The topological polar surface area (TPSA) is 64.1 Å². The Hall–Kier alpha value is -1.72. The Labute approximate surface area is 74.0 Å². The van der Waals surface area contributed by atoms with E-state index in [-0.39, 0.29) is 5.82 Å². The Morgan fingerprint density at radius 1 is 1.69 bits per heavy atom. The van der Waals surface area contributed by atoms with Crippen LogP contribution in [0, 0.1) is 0 Å². The molecule has 1 aromatic heterocycles. The summed E-state index contributed by atoms with van der Waals surface area (Å²) in [6, 6.07) is 1.40. The third-order valence-corrected chi connectivity index (χ3v) is 1.24. The normalized spacial score (nSPS) is 9.38. The Kier molecular flexibility index (Phi) is 3.13. The first-order chi connectivity index (χ1) is 6.26. The van der Waals surface area contributed by atoms with E-state index in [1.54, 1.807) is 0 Å². The van der Waals surface area contributed by atoms with Crippen LogP contribution in [0.15, 0.2) is 12.4 Å². The van der Waals surface area contributed by atoms with Crippen molar-refractivity contribution in [1.82, 2.24) is 9.97 Å². The van der Waals surface area contributed by atoms with E-state index in [1.165, 1.54) is 19.5 Å². The van der Waals surface area contributed by atoms with Gasteiger partial charge in [-0.1, -0.05) is 0 Å². The molecule has 0 fully saturated rings. The van der Waals surface area contributed by atoms with E-state index >= 15 is 0 Å². The highest BCUT2D eigenvalue weighted by molar-refractivity contribution is 5.90. The molecule has 1 aromatic rings. The minimum Gasteiger partial charge on any atom is -0.481 e. The molecule has 0 aromatic carbocycles. The number of hydrogen-bond donors (Lipinski definition) is 1. The summed E-state index contributed by atoms with van der Waals surface area (Å²) in [6.07, 6.45) is 1.21. The van der Waals surface area contributed by atoms with Gasteiger partial charge >= 0.3 is 0 Å². The lowest BCUT2D eigenvalue weighted by Crippen LogP contribution is -2.14. The number of alkyl halides is 1. The van der Waals surface area contributed by atoms with Gasteiger partial charge in [-0.15, -0.1) is 0 Å². The highest BCUT2D eigenvalue weighted by Gasteiger charge is 2.02. The SMILES string of the molecule is COc1cc(NC(=O)CF)ncn1. The van der Waals surface area contributed by atoms with E-state index in [4.69, 9.17) is 4.74 Å². The molecular formula is C7H8FN3O2. The molecule has 0 aliphatic heterocycles. The van der Waals surface area contributed by atoms with Crippen LogP contribution in [0.1, 0.15) is 0 Å². The highest BCUT2D eigenvalue weighted by atomic mass is 19.1. The average Bonchev–Trinajstić information content (AvgIpc) is 2.18. The summed E-state index contributed by atoms with van der Waals surface area (Å²) in [4.78, 5) is 18.0. The number of methoxy groups -OCH3 is 1. The summed E-state index contributed by atoms with van der Waals surface area (Å²) < 4.78 is 16.5. The molecule has 1 rings (SSSR count). The third kappa shape index (κ3) is 2.66. The van der Waals surface area contributed by atoms with E-state index in [0.29, 0.717) is 5.88 Å². The summed E-state index contributed by atoms with van der Waals surface area (Å²) in [6.45, 7) is -1.08. The third-order valence-electron chi connectivity index (χ3n) is 1.24. The Morgan fingerprint density at radius 3 is 3.08 bits per heavy atom. The van der Waals surface area contributed by atoms with E-state index in [2.05, 4.69) is 15.3 Å². The molecule has 1 amide bonds. The van der Waals surface area contributed by atoms with Crippen LogP contribution in [-0.2, 0) is 4.79 Å². The number of aromatic nitrogens is 2. The molecule has 1 heterocycles. The van der Waals surface area contributed by atoms with Crippen LogP contribution in [0.2, 0.25) is 0 Å². The van der Waals surface area contributed by atoms with Gasteiger partial charge in [-0.25, -0.2) is 14.4 Å². The molecule has 0 saturated carbocycles. The zero-order valence-electron chi connectivity index (χ0n) is 6.95. The lowest BCUT2D eigenvalue weighted by atomic mass is 10.5. The molecule has 0 spiro atoms. The maximum Gasteiger partial charge on any atom is 0.256 e. The van der Waals surface area contributed by atoms with Crippen molar-refractivity contribution in [3.05, 3.63) is 12.4 Å². The van der Waals surface area contributed by atoms with Gasteiger partial charge in [0, 0.05) is 6.07 Å². The average molecular weight is 185 g/mol. The van der Waals surface area contributed by atoms with Gasteiger partial charge in [-0.2, -0.15) is 0 Å². The second-order valence-corrected chi connectivity index (χ2v) is 2.13. The second kappa shape index (κ2) is 4.34. The molecule has 13 heavy (non-hydrogen) atoms. The number of nitrogens with one attached hydrogen (secondary N) is 1. The highest BCUT2D eigenvalue weighted by Crippen LogP contribution is 2.09. The van der Waals surface area contributed by atoms with Crippen molar-refractivity contribution in [2.75, 3.05) is 19.1 Å². The fourth-order valence-electron chi connectivity index (χ4n) is 0.696. The number of amides is 1. The van der Waals surface area contributed by atoms with Crippen molar-refractivity contribution in [3.63, 3.8) is 0 Å². The number of anilines is 1. The lowest BCUT2D eigenvalue weighted by Gasteiger charge is -2.02. The zero-order chi connectivity index (χ0) is 9.68. The molecule has 0 bridgehead atoms. The van der Waals surface area contributed by atoms with Gasteiger partial charge in [0.15, 0.2) is 6.67 Å². The first-order valence-electron chi connectivity index (χ1n) is 3.48. The monoisotopic (exact) mass is 185 g/mol. The molecule has 0 atom stereocenters. The number of rotatable bonds is 3. The largest absolute Gasteiger partial charge is 0.481 e. The fraction of sp³-hybridized carbons (Fsp3) is 0.286. The van der Waals surface area contributed by atoms with Gasteiger partial charge in [0.25, 0.3) is 5.91 Å². The van der Waals surface area contributed by atoms with Crippen LogP contribution in [-0.4, -0.2) is 29.7 Å². The summed E-state index contributed by atoms with van der Waals surface area (Å²) in [5.74, 6) is -0.223. The predicted octanol–water partition coefficient (Wildman–Crippen LogP) is 0.393. The smallest absolute Gasteiger partial charge is 0.256 e. The molecule has 0 radical (unpaired) electrons. The van der Waals surface area contributed by atoms with Crippen molar-refractivity contribution in [2.45, 2.75) is 0 Å². The minimum absolute atomic E-state index is 0.217. The van der Waals surface area contributed by atoms with E-state index in [0.717, 1.165) is 0 Å². The van der Waals surface area contributed by atoms with E-state index < -0.39 is 12.6 Å². The first kappa shape index (κ1) is 9.37. The van der Waals surface area contributed by atoms with Gasteiger partial charge in [0.2, 0.25) is 5.88 Å². The predicted molar refractivity (Wildman–Crippen MR) is 43.2 cm³/mol. The standard InChI is InChI=1S/C7H8FN3O2/c1-13-7-2-5(9-4-10-7)11-6(12)3-8/h2,4H,3H2,1H3,(H,9,10,11,12). The van der Waals surface area contributed by atoms with Crippen LogP contribution < -0.4 is 10.1 Å². The number of ether oxygens (including phenoxy) is 1. The van der Waals surface area contributed by atoms with Gasteiger partial charge in [0.1, 0.15) is 12.1 Å². The van der Waals surface area contributed by atoms with Gasteiger partial charge in [-0.05, 0) is 0 Å². The molecule has 6 heteroatoms. The summed E-state index contributed by atoms with van der Waals surface area (Å²) in [7, 11) is 1.43. The molecular weight excluding hydrogens is 177 g/mol. The molecule has 5 nitrogen and oxygen atoms in total. The van der Waals surface area contributed by atoms with Crippen LogP contribution in [0.4, 0.5) is 10.2 Å². The molecule has 0 aliphatic carbocycles. The van der Waals surface area contributed by atoms with Crippen molar-refractivity contribution >= 4 is 11.7 Å². The molecule has 1 N–H and O–H groups in total. The van der Waals surface area contributed by atoms with Crippen LogP contribution >= 0.6 is 0 Å². The van der Waals surface area contributed by atoms with Gasteiger partial charge < -0.3 is 10.1 Å².